The van der Waals surface area contributed by atoms with E-state index in [1.165, 1.54) is 23.3 Å². The number of hydrogen-bond acceptors (Lipinski definition) is 6. The van der Waals surface area contributed by atoms with Crippen molar-refractivity contribution in [1.82, 2.24) is 29.1 Å². The number of imidazole rings is 1. The molecule has 3 aromatic heterocycles. The van der Waals surface area contributed by atoms with Crippen molar-refractivity contribution in [3.63, 3.8) is 0 Å². The molecule has 0 bridgehead atoms. The average molecular weight is 325 g/mol. The van der Waals surface area contributed by atoms with Crippen LogP contribution in [0.3, 0.4) is 0 Å². The number of rotatable bonds is 4. The number of carbonyl (C=O) groups excluding carboxylic acids is 1. The van der Waals surface area contributed by atoms with Gasteiger partial charge in [-0.05, 0) is 13.8 Å². The number of aryl methyl sites for hydroxylation is 2. The lowest BCUT2D eigenvalue weighted by molar-refractivity contribution is -0.116. The highest BCUT2D eigenvalue weighted by atomic mass is 16.2. The summed E-state index contributed by atoms with van der Waals surface area (Å²) < 4.78 is 3.00. The third-order valence-corrected chi connectivity index (χ3v) is 3.32. The van der Waals surface area contributed by atoms with E-state index in [0.717, 1.165) is 5.82 Å². The number of anilines is 1. The van der Waals surface area contributed by atoms with E-state index in [0.29, 0.717) is 17.3 Å². The summed E-state index contributed by atoms with van der Waals surface area (Å²) in [5.74, 6) is 1.31. The van der Waals surface area contributed by atoms with Gasteiger partial charge in [0.2, 0.25) is 5.91 Å². The standard InChI is InChI=1S/C15H15N7O2/c1-10-5-15(24)21(9-19-10)7-14(23)20-12-6-13(18-8-17-12)22-4-3-16-11(22)2/h3-6,8-9H,7H2,1-2H3,(H,17,18,20,23). The number of nitrogens with zero attached hydrogens (tertiary/aromatic N) is 6. The first-order valence-corrected chi connectivity index (χ1v) is 7.18. The number of aromatic nitrogens is 6. The molecule has 1 N–H and O–H groups in total. The minimum atomic E-state index is -0.380. The average Bonchev–Trinajstić information content (AvgIpc) is 2.96. The van der Waals surface area contributed by atoms with Crippen molar-refractivity contribution in [1.29, 1.82) is 0 Å². The van der Waals surface area contributed by atoms with Crippen molar-refractivity contribution in [3.8, 4) is 5.82 Å². The van der Waals surface area contributed by atoms with Gasteiger partial charge >= 0.3 is 0 Å². The van der Waals surface area contributed by atoms with Crippen molar-refractivity contribution in [2.45, 2.75) is 20.4 Å². The fraction of sp³-hybridized carbons (Fsp3) is 0.200. The predicted octanol–water partition coefficient (Wildman–Crippen LogP) is 0.475. The molecule has 0 atom stereocenters. The van der Waals surface area contributed by atoms with Crippen LogP contribution in [0.4, 0.5) is 5.82 Å². The summed E-state index contributed by atoms with van der Waals surface area (Å²) in [6.07, 6.45) is 6.12. The third kappa shape index (κ3) is 3.35. The maximum atomic E-state index is 12.1. The lowest BCUT2D eigenvalue weighted by Crippen LogP contribution is -2.27. The van der Waals surface area contributed by atoms with Crippen LogP contribution in [0.1, 0.15) is 11.5 Å². The van der Waals surface area contributed by atoms with Crippen LogP contribution in [0.25, 0.3) is 5.82 Å². The second kappa shape index (κ2) is 6.41. The largest absolute Gasteiger partial charge is 0.309 e. The van der Waals surface area contributed by atoms with E-state index in [4.69, 9.17) is 0 Å². The first kappa shape index (κ1) is 15.5. The Labute approximate surface area is 137 Å². The van der Waals surface area contributed by atoms with Crippen LogP contribution in [0.15, 0.2) is 42.0 Å². The molecule has 0 spiro atoms. The van der Waals surface area contributed by atoms with Crippen LogP contribution in [0, 0.1) is 13.8 Å². The minimum absolute atomic E-state index is 0.143. The highest BCUT2D eigenvalue weighted by Crippen LogP contribution is 2.10. The van der Waals surface area contributed by atoms with Gasteiger partial charge in [0, 0.05) is 30.2 Å². The summed E-state index contributed by atoms with van der Waals surface area (Å²) in [6.45, 7) is 3.42. The van der Waals surface area contributed by atoms with Crippen molar-refractivity contribution in [3.05, 3.63) is 59.1 Å². The maximum absolute atomic E-state index is 12.1. The predicted molar refractivity (Wildman–Crippen MR) is 85.8 cm³/mol. The van der Waals surface area contributed by atoms with Crippen LogP contribution in [0.2, 0.25) is 0 Å². The van der Waals surface area contributed by atoms with E-state index >= 15 is 0 Å². The molecule has 3 aromatic rings. The Hall–Kier alpha value is -3.36. The number of hydrogen-bond donors (Lipinski definition) is 1. The van der Waals surface area contributed by atoms with Crippen LogP contribution in [0.5, 0.6) is 0 Å². The molecule has 0 aliphatic carbocycles. The first-order chi connectivity index (χ1) is 11.5. The summed E-state index contributed by atoms with van der Waals surface area (Å²) in [5, 5.41) is 2.64. The second-order valence-electron chi connectivity index (χ2n) is 5.15. The zero-order chi connectivity index (χ0) is 17.1. The van der Waals surface area contributed by atoms with Crippen molar-refractivity contribution in [2.75, 3.05) is 5.32 Å². The minimum Gasteiger partial charge on any atom is -0.309 e. The molecular weight excluding hydrogens is 310 g/mol. The number of nitrogens with one attached hydrogen (secondary N) is 1. The molecule has 0 aromatic carbocycles. The van der Waals surface area contributed by atoms with Gasteiger partial charge in [0.1, 0.15) is 30.3 Å². The fourth-order valence-electron chi connectivity index (χ4n) is 2.14. The molecule has 3 rings (SSSR count). The van der Waals surface area contributed by atoms with E-state index < -0.39 is 0 Å². The van der Waals surface area contributed by atoms with E-state index in [-0.39, 0.29) is 18.0 Å². The molecule has 3 heterocycles. The van der Waals surface area contributed by atoms with Gasteiger partial charge in [-0.15, -0.1) is 0 Å². The van der Waals surface area contributed by atoms with Crippen molar-refractivity contribution < 1.29 is 4.79 Å². The molecule has 24 heavy (non-hydrogen) atoms. The summed E-state index contributed by atoms with van der Waals surface area (Å²) in [6, 6.07) is 3.00. The van der Waals surface area contributed by atoms with Crippen molar-refractivity contribution in [2.24, 2.45) is 0 Å². The van der Waals surface area contributed by atoms with Gasteiger partial charge in [-0.25, -0.2) is 19.9 Å². The van der Waals surface area contributed by atoms with Crippen LogP contribution in [-0.2, 0) is 11.3 Å². The molecule has 0 radical (unpaired) electrons. The van der Waals surface area contributed by atoms with Gasteiger partial charge in [-0.1, -0.05) is 0 Å². The molecule has 0 aliphatic heterocycles. The van der Waals surface area contributed by atoms with Gasteiger partial charge in [-0.2, -0.15) is 0 Å². The SMILES string of the molecule is Cc1cc(=O)n(CC(=O)Nc2cc(-n3ccnc3C)ncn2)cn1. The van der Waals surface area contributed by atoms with Gasteiger partial charge in [0.15, 0.2) is 0 Å². The Kier molecular flexibility index (Phi) is 4.15. The van der Waals surface area contributed by atoms with E-state index in [9.17, 15) is 9.59 Å². The molecule has 9 nitrogen and oxygen atoms in total. The molecule has 0 saturated heterocycles. The van der Waals surface area contributed by atoms with E-state index in [1.807, 2.05) is 6.92 Å². The maximum Gasteiger partial charge on any atom is 0.253 e. The molecule has 0 aliphatic rings. The second-order valence-corrected chi connectivity index (χ2v) is 5.15. The monoisotopic (exact) mass is 325 g/mol. The third-order valence-electron chi connectivity index (χ3n) is 3.32. The summed E-state index contributed by atoms with van der Waals surface area (Å²) in [4.78, 5) is 40.2. The van der Waals surface area contributed by atoms with Gasteiger partial charge in [0.05, 0.1) is 6.33 Å². The lowest BCUT2D eigenvalue weighted by atomic mass is 10.4. The zero-order valence-electron chi connectivity index (χ0n) is 13.2. The summed E-state index contributed by atoms with van der Waals surface area (Å²) >= 11 is 0. The number of carbonyl (C=O) groups is 1. The Balaban J connectivity index is 1.75. The van der Waals surface area contributed by atoms with Crippen LogP contribution in [-0.4, -0.2) is 35.0 Å². The highest BCUT2D eigenvalue weighted by Gasteiger charge is 2.09. The highest BCUT2D eigenvalue weighted by molar-refractivity contribution is 5.89. The van der Waals surface area contributed by atoms with Crippen LogP contribution < -0.4 is 10.9 Å². The zero-order valence-corrected chi connectivity index (χ0v) is 13.2. The fourth-order valence-corrected chi connectivity index (χ4v) is 2.14. The van der Waals surface area contributed by atoms with Crippen molar-refractivity contribution >= 4 is 11.7 Å². The Morgan fingerprint density at radius 3 is 2.71 bits per heavy atom. The Morgan fingerprint density at radius 2 is 2.00 bits per heavy atom. The quantitative estimate of drug-likeness (QED) is 0.747. The van der Waals surface area contributed by atoms with E-state index in [1.54, 1.807) is 30.0 Å². The Bertz CT molecular complexity index is 945. The lowest BCUT2D eigenvalue weighted by Gasteiger charge is -2.08. The van der Waals surface area contributed by atoms with Crippen LogP contribution >= 0.6 is 0 Å². The molecular formula is C15H15N7O2. The summed E-state index contributed by atoms with van der Waals surface area (Å²) in [7, 11) is 0. The van der Waals surface area contributed by atoms with E-state index in [2.05, 4.69) is 25.3 Å². The topological polar surface area (TPSA) is 108 Å². The molecule has 9 heteroatoms. The number of amides is 1. The molecule has 0 saturated carbocycles. The van der Waals surface area contributed by atoms with Gasteiger partial charge in [0.25, 0.3) is 5.56 Å². The van der Waals surface area contributed by atoms with Gasteiger partial charge < -0.3 is 5.32 Å². The molecule has 0 fully saturated rings. The normalized spacial score (nSPS) is 10.6. The summed E-state index contributed by atoms with van der Waals surface area (Å²) in [5.41, 5.74) is 0.322. The first-order valence-electron chi connectivity index (χ1n) is 7.18. The van der Waals surface area contributed by atoms with Gasteiger partial charge in [-0.3, -0.25) is 18.7 Å². The molecule has 1 amide bonds. The molecule has 122 valence electrons. The smallest absolute Gasteiger partial charge is 0.253 e. The Morgan fingerprint density at radius 1 is 1.17 bits per heavy atom. The molecule has 0 unspecified atom stereocenters.